The van der Waals surface area contributed by atoms with Crippen molar-refractivity contribution in [2.24, 2.45) is 5.92 Å². The molecule has 0 aliphatic carbocycles. The first-order chi connectivity index (χ1) is 9.29. The first kappa shape index (κ1) is 15.9. The highest BCUT2D eigenvalue weighted by atomic mass is 79.9. The third-order valence-corrected chi connectivity index (χ3v) is 5.85. The van der Waals surface area contributed by atoms with E-state index in [1.807, 2.05) is 0 Å². The van der Waals surface area contributed by atoms with Crippen LogP contribution < -0.4 is 5.56 Å². The molecule has 20 heavy (non-hydrogen) atoms. The van der Waals surface area contributed by atoms with Crippen molar-refractivity contribution in [2.75, 3.05) is 19.3 Å². The van der Waals surface area contributed by atoms with Crippen LogP contribution in [0, 0.1) is 5.92 Å². The zero-order valence-electron chi connectivity index (χ0n) is 10.9. The monoisotopic (exact) mass is 383 g/mol. The summed E-state index contributed by atoms with van der Waals surface area (Å²) in [5.74, 6) is 0.103. The summed E-state index contributed by atoms with van der Waals surface area (Å²) in [5, 5.41) is 0.132. The van der Waals surface area contributed by atoms with E-state index in [9.17, 15) is 13.2 Å². The van der Waals surface area contributed by atoms with E-state index >= 15 is 0 Å². The summed E-state index contributed by atoms with van der Waals surface area (Å²) in [6, 6.07) is 0. The maximum absolute atomic E-state index is 12.0. The van der Waals surface area contributed by atoms with Crippen LogP contribution >= 0.6 is 27.5 Å². The molecule has 1 unspecified atom stereocenters. The summed E-state index contributed by atoms with van der Waals surface area (Å²) in [5.41, 5.74) is -0.249. The number of hydrogen-bond acceptors (Lipinski definition) is 4. The van der Waals surface area contributed by atoms with Gasteiger partial charge in [0, 0.05) is 19.6 Å². The molecule has 1 fully saturated rings. The SMILES string of the molecule is CS(=O)(=O)N1CCCC(Cn2cnc(Cl)c(Br)c2=O)C1. The van der Waals surface area contributed by atoms with E-state index in [4.69, 9.17) is 11.6 Å². The van der Waals surface area contributed by atoms with Crippen molar-refractivity contribution in [3.05, 3.63) is 26.3 Å². The summed E-state index contributed by atoms with van der Waals surface area (Å²) in [4.78, 5) is 15.9. The van der Waals surface area contributed by atoms with E-state index in [2.05, 4.69) is 20.9 Å². The molecule has 6 nitrogen and oxygen atoms in total. The van der Waals surface area contributed by atoms with Crippen LogP contribution in [0.5, 0.6) is 0 Å². The van der Waals surface area contributed by atoms with Gasteiger partial charge in [0.2, 0.25) is 10.0 Å². The van der Waals surface area contributed by atoms with Crippen molar-refractivity contribution in [3.8, 4) is 0 Å². The Labute approximate surface area is 130 Å². The second-order valence-electron chi connectivity index (χ2n) is 4.94. The summed E-state index contributed by atoms with van der Waals surface area (Å²) in [6.45, 7) is 1.42. The lowest BCUT2D eigenvalue weighted by Gasteiger charge is -2.31. The predicted octanol–water partition coefficient (Wildman–Crippen LogP) is 1.33. The predicted molar refractivity (Wildman–Crippen MR) is 80.3 cm³/mol. The fourth-order valence-corrected chi connectivity index (χ4v) is 3.73. The first-order valence-electron chi connectivity index (χ1n) is 6.14. The number of hydrogen-bond donors (Lipinski definition) is 0. The average Bonchev–Trinajstić information content (AvgIpc) is 2.39. The van der Waals surface area contributed by atoms with Gasteiger partial charge in [0.25, 0.3) is 5.56 Å². The Morgan fingerprint density at radius 3 is 2.90 bits per heavy atom. The quantitative estimate of drug-likeness (QED) is 0.737. The summed E-state index contributed by atoms with van der Waals surface area (Å²) >= 11 is 8.86. The number of nitrogens with zero attached hydrogens (tertiary/aromatic N) is 3. The molecule has 1 aromatic heterocycles. The topological polar surface area (TPSA) is 72.3 Å². The van der Waals surface area contributed by atoms with E-state index in [0.29, 0.717) is 19.6 Å². The van der Waals surface area contributed by atoms with Gasteiger partial charge in [-0.25, -0.2) is 17.7 Å². The fraction of sp³-hybridized carbons (Fsp3) is 0.636. The van der Waals surface area contributed by atoms with Crippen LogP contribution in [-0.2, 0) is 16.6 Å². The van der Waals surface area contributed by atoms with Crippen LogP contribution in [0.3, 0.4) is 0 Å². The maximum Gasteiger partial charge on any atom is 0.269 e. The lowest BCUT2D eigenvalue weighted by molar-refractivity contribution is 0.244. The molecular formula is C11H15BrClN3O3S. The highest BCUT2D eigenvalue weighted by molar-refractivity contribution is 9.10. The van der Waals surface area contributed by atoms with Crippen LogP contribution in [-0.4, -0.2) is 41.6 Å². The zero-order valence-corrected chi connectivity index (χ0v) is 14.1. The molecule has 2 heterocycles. The summed E-state index contributed by atoms with van der Waals surface area (Å²) < 4.78 is 26.3. The minimum absolute atomic E-state index is 0.103. The number of sulfonamides is 1. The van der Waals surface area contributed by atoms with Gasteiger partial charge in [0.05, 0.1) is 12.6 Å². The van der Waals surface area contributed by atoms with Crippen LogP contribution in [0.2, 0.25) is 5.15 Å². The van der Waals surface area contributed by atoms with Crippen molar-refractivity contribution < 1.29 is 8.42 Å². The molecule has 0 spiro atoms. The Kier molecular flexibility index (Phi) is 4.88. The Hall–Kier alpha value is -0.440. The molecule has 0 bridgehead atoms. The van der Waals surface area contributed by atoms with E-state index < -0.39 is 10.0 Å². The molecule has 1 aromatic rings. The van der Waals surface area contributed by atoms with Gasteiger partial charge < -0.3 is 0 Å². The molecule has 0 aromatic carbocycles. The van der Waals surface area contributed by atoms with Gasteiger partial charge in [-0.05, 0) is 34.7 Å². The second kappa shape index (κ2) is 6.13. The number of halogens is 2. The van der Waals surface area contributed by atoms with E-state index in [0.717, 1.165) is 12.8 Å². The third kappa shape index (κ3) is 3.60. The van der Waals surface area contributed by atoms with E-state index in [1.165, 1.54) is 21.5 Å². The minimum Gasteiger partial charge on any atom is -0.298 e. The van der Waals surface area contributed by atoms with Crippen molar-refractivity contribution in [3.63, 3.8) is 0 Å². The fourth-order valence-electron chi connectivity index (χ4n) is 2.33. The highest BCUT2D eigenvalue weighted by Gasteiger charge is 2.26. The van der Waals surface area contributed by atoms with Crippen LogP contribution in [0.1, 0.15) is 12.8 Å². The van der Waals surface area contributed by atoms with Crippen molar-refractivity contribution in [1.82, 2.24) is 13.9 Å². The van der Waals surface area contributed by atoms with Gasteiger partial charge in [-0.15, -0.1) is 0 Å². The zero-order chi connectivity index (χ0) is 14.9. The van der Waals surface area contributed by atoms with Gasteiger partial charge in [-0.2, -0.15) is 0 Å². The lowest BCUT2D eigenvalue weighted by atomic mass is 10.00. The van der Waals surface area contributed by atoms with Crippen molar-refractivity contribution >= 4 is 37.6 Å². The molecule has 1 aliphatic heterocycles. The molecule has 0 radical (unpaired) electrons. The van der Waals surface area contributed by atoms with Gasteiger partial charge in [-0.3, -0.25) is 9.36 Å². The van der Waals surface area contributed by atoms with Crippen LogP contribution in [0.4, 0.5) is 0 Å². The lowest BCUT2D eigenvalue weighted by Crippen LogP contribution is -2.41. The Morgan fingerprint density at radius 2 is 2.25 bits per heavy atom. The Bertz CT molecular complexity index is 661. The van der Waals surface area contributed by atoms with Gasteiger partial charge in [0.15, 0.2) is 5.15 Å². The summed E-state index contributed by atoms with van der Waals surface area (Å²) in [6.07, 6.45) is 4.30. The first-order valence-corrected chi connectivity index (χ1v) is 9.16. The third-order valence-electron chi connectivity index (χ3n) is 3.35. The number of aromatic nitrogens is 2. The molecule has 1 aliphatic rings. The summed E-state index contributed by atoms with van der Waals surface area (Å²) in [7, 11) is -3.18. The van der Waals surface area contributed by atoms with Crippen LogP contribution in [0.25, 0.3) is 0 Å². The Morgan fingerprint density at radius 1 is 1.55 bits per heavy atom. The maximum atomic E-state index is 12.0. The minimum atomic E-state index is -3.18. The molecular weight excluding hydrogens is 370 g/mol. The van der Waals surface area contributed by atoms with Gasteiger partial charge >= 0.3 is 0 Å². The standard InChI is InChI=1S/C11H15BrClN3O3S/c1-20(18,19)16-4-2-3-8(6-16)5-15-7-14-10(13)9(12)11(15)17/h7-8H,2-6H2,1H3. The van der Waals surface area contributed by atoms with E-state index in [1.54, 1.807) is 0 Å². The molecule has 0 N–H and O–H groups in total. The molecule has 1 atom stereocenters. The molecule has 1 saturated heterocycles. The number of rotatable bonds is 3. The Balaban J connectivity index is 2.15. The van der Waals surface area contributed by atoms with Crippen molar-refractivity contribution in [1.29, 1.82) is 0 Å². The van der Waals surface area contributed by atoms with Gasteiger partial charge in [-0.1, -0.05) is 11.6 Å². The van der Waals surface area contributed by atoms with Crippen LogP contribution in [0.15, 0.2) is 15.6 Å². The second-order valence-corrected chi connectivity index (χ2v) is 8.07. The largest absolute Gasteiger partial charge is 0.298 e. The number of piperidine rings is 1. The van der Waals surface area contributed by atoms with Crippen molar-refractivity contribution in [2.45, 2.75) is 19.4 Å². The van der Waals surface area contributed by atoms with E-state index in [-0.39, 0.29) is 21.1 Å². The van der Waals surface area contributed by atoms with Gasteiger partial charge in [0.1, 0.15) is 4.47 Å². The molecule has 2 rings (SSSR count). The normalized spacial score (nSPS) is 21.1. The molecule has 0 saturated carbocycles. The average molecular weight is 385 g/mol. The molecule has 112 valence electrons. The molecule has 0 amide bonds. The smallest absolute Gasteiger partial charge is 0.269 e. The molecule has 9 heteroatoms. The highest BCUT2D eigenvalue weighted by Crippen LogP contribution is 2.20.